The van der Waals surface area contributed by atoms with Gasteiger partial charge < -0.3 is 11.1 Å². The van der Waals surface area contributed by atoms with E-state index in [4.69, 9.17) is 5.73 Å². The number of carbonyl (C=O) groups is 1. The largest absolute Gasteiger partial charge is 0.399 e. The summed E-state index contributed by atoms with van der Waals surface area (Å²) in [6.45, 7) is 0.601. The van der Waals surface area contributed by atoms with Crippen LogP contribution in [-0.4, -0.2) is 5.91 Å². The molecule has 3 heteroatoms. The molecule has 0 unspecified atom stereocenters. The van der Waals surface area contributed by atoms with E-state index in [1.165, 1.54) is 25.7 Å². The van der Waals surface area contributed by atoms with Crippen LogP contribution in [0.25, 0.3) is 0 Å². The Balaban J connectivity index is 1.66. The first-order valence-electron chi connectivity index (χ1n) is 6.85. The molecule has 3 N–H and O–H groups in total. The smallest absolute Gasteiger partial charge is 0.220 e. The Kier molecular flexibility index (Phi) is 4.62. The lowest BCUT2D eigenvalue weighted by atomic mass is 10.0. The van der Waals surface area contributed by atoms with Gasteiger partial charge in [0, 0.05) is 18.7 Å². The van der Waals surface area contributed by atoms with Gasteiger partial charge in [0.1, 0.15) is 0 Å². The van der Waals surface area contributed by atoms with E-state index in [0.29, 0.717) is 13.0 Å². The summed E-state index contributed by atoms with van der Waals surface area (Å²) in [4.78, 5) is 11.7. The third kappa shape index (κ3) is 4.06. The monoisotopic (exact) mass is 246 g/mol. The van der Waals surface area contributed by atoms with Gasteiger partial charge in [0.2, 0.25) is 5.91 Å². The van der Waals surface area contributed by atoms with Gasteiger partial charge in [0.05, 0.1) is 0 Å². The molecule has 0 radical (unpaired) electrons. The van der Waals surface area contributed by atoms with Crippen molar-refractivity contribution in [1.29, 1.82) is 0 Å². The molecule has 0 spiro atoms. The molecule has 1 aliphatic rings. The van der Waals surface area contributed by atoms with Gasteiger partial charge in [0.25, 0.3) is 0 Å². The third-order valence-corrected chi connectivity index (χ3v) is 3.72. The van der Waals surface area contributed by atoms with Crippen LogP contribution in [-0.2, 0) is 11.3 Å². The van der Waals surface area contributed by atoms with E-state index in [0.717, 1.165) is 23.6 Å². The average molecular weight is 246 g/mol. The van der Waals surface area contributed by atoms with Gasteiger partial charge >= 0.3 is 0 Å². The van der Waals surface area contributed by atoms with Crippen molar-refractivity contribution in [2.45, 2.75) is 45.1 Å². The minimum atomic E-state index is 0.165. The number of amides is 1. The van der Waals surface area contributed by atoms with Gasteiger partial charge in [-0.1, -0.05) is 37.8 Å². The van der Waals surface area contributed by atoms with E-state index in [1.807, 2.05) is 24.3 Å². The Bertz CT molecular complexity index is 380. The Morgan fingerprint density at radius 2 is 1.89 bits per heavy atom. The minimum Gasteiger partial charge on any atom is -0.399 e. The number of hydrogen-bond acceptors (Lipinski definition) is 2. The summed E-state index contributed by atoms with van der Waals surface area (Å²) in [5, 5.41) is 2.96. The quantitative estimate of drug-likeness (QED) is 0.785. The second kappa shape index (κ2) is 6.43. The maximum Gasteiger partial charge on any atom is 0.220 e. The minimum absolute atomic E-state index is 0.165. The fourth-order valence-corrected chi connectivity index (χ4v) is 2.56. The zero-order valence-corrected chi connectivity index (χ0v) is 10.8. The number of nitrogen functional groups attached to an aromatic ring is 1. The summed E-state index contributed by atoms with van der Waals surface area (Å²) < 4.78 is 0. The summed E-state index contributed by atoms with van der Waals surface area (Å²) in [6.07, 6.45) is 7.03. The molecule has 0 saturated heterocycles. The standard InChI is InChI=1S/C15H22N2O/c16-14-8-5-13(6-9-14)11-17-15(18)10-7-12-3-1-2-4-12/h5-6,8-9,12H,1-4,7,10-11,16H2,(H,17,18). The van der Waals surface area contributed by atoms with Crippen LogP contribution >= 0.6 is 0 Å². The highest BCUT2D eigenvalue weighted by molar-refractivity contribution is 5.75. The highest BCUT2D eigenvalue weighted by Gasteiger charge is 2.15. The molecule has 98 valence electrons. The van der Waals surface area contributed by atoms with Crippen molar-refractivity contribution >= 4 is 11.6 Å². The summed E-state index contributed by atoms with van der Waals surface area (Å²) in [5.74, 6) is 0.950. The summed E-state index contributed by atoms with van der Waals surface area (Å²) in [5.41, 5.74) is 7.46. The van der Waals surface area contributed by atoms with Gasteiger partial charge in [-0.05, 0) is 30.0 Å². The van der Waals surface area contributed by atoms with Crippen LogP contribution in [0.1, 0.15) is 44.1 Å². The number of rotatable bonds is 5. The molecular formula is C15H22N2O. The lowest BCUT2D eigenvalue weighted by molar-refractivity contribution is -0.121. The molecule has 1 fully saturated rings. The van der Waals surface area contributed by atoms with Crippen LogP contribution in [0.15, 0.2) is 24.3 Å². The van der Waals surface area contributed by atoms with Gasteiger partial charge in [-0.25, -0.2) is 0 Å². The molecule has 0 atom stereocenters. The number of benzene rings is 1. The maximum atomic E-state index is 11.7. The lowest BCUT2D eigenvalue weighted by Crippen LogP contribution is -2.22. The van der Waals surface area contributed by atoms with Crippen molar-refractivity contribution in [1.82, 2.24) is 5.32 Å². The molecule has 0 heterocycles. The first-order chi connectivity index (χ1) is 8.74. The zero-order chi connectivity index (χ0) is 12.8. The van der Waals surface area contributed by atoms with Crippen LogP contribution in [0.2, 0.25) is 0 Å². The molecule has 0 bridgehead atoms. The first kappa shape index (κ1) is 12.9. The van der Waals surface area contributed by atoms with Gasteiger partial charge in [-0.3, -0.25) is 4.79 Å². The van der Waals surface area contributed by atoms with Gasteiger partial charge in [-0.15, -0.1) is 0 Å². The first-order valence-corrected chi connectivity index (χ1v) is 6.85. The molecule has 0 aromatic heterocycles. The number of hydrogen-bond donors (Lipinski definition) is 2. The van der Waals surface area contributed by atoms with Crippen molar-refractivity contribution in [3.8, 4) is 0 Å². The van der Waals surface area contributed by atoms with Gasteiger partial charge in [-0.2, -0.15) is 0 Å². The summed E-state index contributed by atoms with van der Waals surface area (Å²) >= 11 is 0. The Morgan fingerprint density at radius 3 is 2.56 bits per heavy atom. The summed E-state index contributed by atoms with van der Waals surface area (Å²) in [7, 11) is 0. The predicted molar refractivity (Wildman–Crippen MR) is 73.9 cm³/mol. The van der Waals surface area contributed by atoms with E-state index >= 15 is 0 Å². The Hall–Kier alpha value is -1.51. The highest BCUT2D eigenvalue weighted by Crippen LogP contribution is 2.28. The molecule has 1 aliphatic carbocycles. The number of nitrogens with one attached hydrogen (secondary N) is 1. The molecule has 2 rings (SSSR count). The van der Waals surface area contributed by atoms with Crippen LogP contribution < -0.4 is 11.1 Å². The number of carbonyl (C=O) groups excluding carboxylic acids is 1. The highest BCUT2D eigenvalue weighted by atomic mass is 16.1. The van der Waals surface area contributed by atoms with Crippen LogP contribution in [0, 0.1) is 5.92 Å². The van der Waals surface area contributed by atoms with E-state index in [2.05, 4.69) is 5.32 Å². The number of anilines is 1. The molecule has 1 aromatic carbocycles. The molecule has 1 amide bonds. The topological polar surface area (TPSA) is 55.1 Å². The second-order valence-corrected chi connectivity index (χ2v) is 5.21. The van der Waals surface area contributed by atoms with Crippen molar-refractivity contribution in [2.75, 3.05) is 5.73 Å². The lowest BCUT2D eigenvalue weighted by Gasteiger charge is -2.09. The van der Waals surface area contributed by atoms with E-state index < -0.39 is 0 Å². The van der Waals surface area contributed by atoms with Crippen LogP contribution in [0.3, 0.4) is 0 Å². The van der Waals surface area contributed by atoms with E-state index in [-0.39, 0.29) is 5.91 Å². The fourth-order valence-electron chi connectivity index (χ4n) is 2.56. The second-order valence-electron chi connectivity index (χ2n) is 5.21. The molecule has 18 heavy (non-hydrogen) atoms. The predicted octanol–water partition coefficient (Wildman–Crippen LogP) is 2.86. The SMILES string of the molecule is Nc1ccc(CNC(=O)CCC2CCCC2)cc1. The van der Waals surface area contributed by atoms with E-state index in [1.54, 1.807) is 0 Å². The molecular weight excluding hydrogens is 224 g/mol. The van der Waals surface area contributed by atoms with Crippen molar-refractivity contribution in [2.24, 2.45) is 5.92 Å². The van der Waals surface area contributed by atoms with Gasteiger partial charge in [0.15, 0.2) is 0 Å². The molecule has 0 aliphatic heterocycles. The average Bonchev–Trinajstić information content (AvgIpc) is 2.89. The molecule has 1 aromatic rings. The Labute approximate surface area is 109 Å². The molecule has 3 nitrogen and oxygen atoms in total. The Morgan fingerprint density at radius 1 is 1.22 bits per heavy atom. The van der Waals surface area contributed by atoms with Crippen molar-refractivity contribution < 1.29 is 4.79 Å². The zero-order valence-electron chi connectivity index (χ0n) is 10.8. The molecule has 1 saturated carbocycles. The van der Waals surface area contributed by atoms with Crippen LogP contribution in [0.4, 0.5) is 5.69 Å². The number of nitrogens with two attached hydrogens (primary N) is 1. The summed E-state index contributed by atoms with van der Waals surface area (Å²) in [6, 6.07) is 7.62. The normalized spacial score (nSPS) is 15.8. The van der Waals surface area contributed by atoms with Crippen molar-refractivity contribution in [3.05, 3.63) is 29.8 Å². The van der Waals surface area contributed by atoms with E-state index in [9.17, 15) is 4.79 Å². The maximum absolute atomic E-state index is 11.7. The van der Waals surface area contributed by atoms with Crippen LogP contribution in [0.5, 0.6) is 0 Å². The fraction of sp³-hybridized carbons (Fsp3) is 0.533. The van der Waals surface area contributed by atoms with Crippen molar-refractivity contribution in [3.63, 3.8) is 0 Å². The third-order valence-electron chi connectivity index (χ3n) is 3.72.